The normalized spacial score (nSPS) is 11.6. The van der Waals surface area contributed by atoms with Crippen molar-refractivity contribution in [2.75, 3.05) is 20.7 Å². The largest absolute Gasteiger partial charge is 0.451 e. The molecule has 0 aliphatic carbocycles. The van der Waals surface area contributed by atoms with Crippen molar-refractivity contribution in [2.24, 2.45) is 0 Å². The number of esters is 1. The summed E-state index contributed by atoms with van der Waals surface area (Å²) < 4.78 is 31.0. The average Bonchev–Trinajstić information content (AvgIpc) is 3.13. The van der Waals surface area contributed by atoms with E-state index in [9.17, 15) is 18.0 Å². The molecule has 0 radical (unpaired) electrons. The van der Waals surface area contributed by atoms with E-state index in [1.807, 2.05) is 25.1 Å². The number of sulfonamides is 1. The third kappa shape index (κ3) is 4.69. The molecule has 1 aromatic heterocycles. The number of nitrogens with zero attached hydrogens (tertiary/aromatic N) is 1. The van der Waals surface area contributed by atoms with E-state index in [1.165, 1.54) is 20.2 Å². The van der Waals surface area contributed by atoms with Gasteiger partial charge in [0.25, 0.3) is 5.91 Å². The first-order chi connectivity index (χ1) is 14.2. The summed E-state index contributed by atoms with van der Waals surface area (Å²) in [6, 6.07) is 13.8. The third-order valence-corrected chi connectivity index (χ3v) is 6.45. The molecule has 0 saturated carbocycles. The number of amides is 1. The topological polar surface area (TPSA) is 109 Å². The van der Waals surface area contributed by atoms with Crippen LogP contribution in [0.1, 0.15) is 21.6 Å². The summed E-state index contributed by atoms with van der Waals surface area (Å²) in [5, 5.41) is 3.46. The van der Waals surface area contributed by atoms with E-state index in [0.29, 0.717) is 5.56 Å². The summed E-state index contributed by atoms with van der Waals surface area (Å²) in [7, 11) is -0.761. The van der Waals surface area contributed by atoms with Crippen LogP contribution in [-0.2, 0) is 26.1 Å². The summed E-state index contributed by atoms with van der Waals surface area (Å²) in [4.78, 5) is 27.4. The zero-order valence-corrected chi connectivity index (χ0v) is 17.7. The number of nitrogens with one attached hydrogen (secondary N) is 2. The van der Waals surface area contributed by atoms with Gasteiger partial charge in [0.15, 0.2) is 6.61 Å². The Morgan fingerprint density at radius 2 is 1.83 bits per heavy atom. The summed E-state index contributed by atoms with van der Waals surface area (Å²) >= 11 is 0. The highest BCUT2D eigenvalue weighted by Crippen LogP contribution is 2.19. The number of carbonyl (C=O) groups is 2. The lowest BCUT2D eigenvalue weighted by Crippen LogP contribution is -2.30. The number of benzene rings is 2. The second-order valence-corrected chi connectivity index (χ2v) is 9.14. The molecule has 3 rings (SSSR count). The fraction of sp³-hybridized carbons (Fsp3) is 0.238. The Morgan fingerprint density at radius 3 is 2.57 bits per heavy atom. The number of hydrogen-bond acceptors (Lipinski definition) is 5. The smallest absolute Gasteiger partial charge is 0.355 e. The number of aromatic nitrogens is 1. The third-order valence-electron chi connectivity index (χ3n) is 4.54. The summed E-state index contributed by atoms with van der Waals surface area (Å²) in [5.74, 6) is -1.18. The second kappa shape index (κ2) is 8.68. The SMILES string of the molecule is Cc1ccc2[nH]c(C(=O)OCC(=O)NCc3ccccc3S(=O)(=O)N(C)C)cc2c1. The number of ether oxygens (including phenoxy) is 1. The number of carbonyl (C=O) groups excluding carboxylic acids is 2. The fourth-order valence-electron chi connectivity index (χ4n) is 2.91. The van der Waals surface area contributed by atoms with Crippen LogP contribution >= 0.6 is 0 Å². The Balaban J connectivity index is 1.59. The molecule has 0 aliphatic rings. The number of aromatic amines is 1. The van der Waals surface area contributed by atoms with E-state index in [1.54, 1.807) is 24.3 Å². The molecule has 2 N–H and O–H groups in total. The average molecular weight is 429 g/mol. The van der Waals surface area contributed by atoms with Gasteiger partial charge >= 0.3 is 5.97 Å². The van der Waals surface area contributed by atoms with Gasteiger partial charge in [0, 0.05) is 31.5 Å². The highest BCUT2D eigenvalue weighted by atomic mass is 32.2. The van der Waals surface area contributed by atoms with Crippen molar-refractivity contribution in [3.05, 3.63) is 65.4 Å². The molecule has 0 fully saturated rings. The molecule has 158 valence electrons. The maximum atomic E-state index is 12.4. The number of hydrogen-bond donors (Lipinski definition) is 2. The van der Waals surface area contributed by atoms with Crippen LogP contribution in [0.15, 0.2) is 53.4 Å². The van der Waals surface area contributed by atoms with E-state index in [4.69, 9.17) is 4.74 Å². The fourth-order valence-corrected chi connectivity index (χ4v) is 4.03. The van der Waals surface area contributed by atoms with Crippen molar-refractivity contribution in [2.45, 2.75) is 18.4 Å². The molecule has 3 aromatic rings. The van der Waals surface area contributed by atoms with Crippen LogP contribution in [0.3, 0.4) is 0 Å². The van der Waals surface area contributed by atoms with Gasteiger partial charge in [0.2, 0.25) is 10.0 Å². The number of fused-ring (bicyclic) bond motifs is 1. The first-order valence-electron chi connectivity index (χ1n) is 9.22. The van der Waals surface area contributed by atoms with Gasteiger partial charge in [-0.3, -0.25) is 4.79 Å². The van der Waals surface area contributed by atoms with Crippen molar-refractivity contribution < 1.29 is 22.7 Å². The summed E-state index contributed by atoms with van der Waals surface area (Å²) in [6.07, 6.45) is 0. The lowest BCUT2D eigenvalue weighted by Gasteiger charge is -2.15. The molecule has 0 bridgehead atoms. The van der Waals surface area contributed by atoms with Crippen LogP contribution in [0.4, 0.5) is 0 Å². The van der Waals surface area contributed by atoms with E-state index >= 15 is 0 Å². The van der Waals surface area contributed by atoms with Gasteiger partial charge in [-0.05, 0) is 36.8 Å². The minimum absolute atomic E-state index is 0.00864. The van der Waals surface area contributed by atoms with E-state index in [2.05, 4.69) is 10.3 Å². The zero-order valence-electron chi connectivity index (χ0n) is 16.9. The molecule has 30 heavy (non-hydrogen) atoms. The molecular weight excluding hydrogens is 406 g/mol. The number of H-pyrrole nitrogens is 1. The molecule has 1 heterocycles. The van der Waals surface area contributed by atoms with Crippen LogP contribution in [-0.4, -0.2) is 50.3 Å². The Kier molecular flexibility index (Phi) is 6.23. The predicted octanol–water partition coefficient (Wildman–Crippen LogP) is 2.20. The van der Waals surface area contributed by atoms with Crippen molar-refractivity contribution in [1.82, 2.24) is 14.6 Å². The molecule has 0 aliphatic heterocycles. The number of rotatable bonds is 7. The van der Waals surface area contributed by atoms with Gasteiger partial charge in [-0.1, -0.05) is 29.8 Å². The highest BCUT2D eigenvalue weighted by Gasteiger charge is 2.21. The van der Waals surface area contributed by atoms with E-state index in [-0.39, 0.29) is 17.1 Å². The van der Waals surface area contributed by atoms with Crippen LogP contribution < -0.4 is 5.32 Å². The lowest BCUT2D eigenvalue weighted by molar-refractivity contribution is -0.124. The maximum Gasteiger partial charge on any atom is 0.355 e. The van der Waals surface area contributed by atoms with Crippen LogP contribution in [0, 0.1) is 6.92 Å². The quantitative estimate of drug-likeness (QED) is 0.560. The molecule has 0 saturated heterocycles. The summed E-state index contributed by atoms with van der Waals surface area (Å²) in [5.41, 5.74) is 2.57. The minimum Gasteiger partial charge on any atom is -0.451 e. The standard InChI is InChI=1S/C21H23N3O5S/c1-14-8-9-17-16(10-14)11-18(23-17)21(26)29-13-20(25)22-12-15-6-4-5-7-19(15)30(27,28)24(2)3/h4-11,23H,12-13H2,1-3H3,(H,22,25). The van der Waals surface area contributed by atoms with Gasteiger partial charge in [-0.25, -0.2) is 17.5 Å². The molecule has 0 spiro atoms. The van der Waals surface area contributed by atoms with Crippen molar-refractivity contribution in [1.29, 1.82) is 0 Å². The highest BCUT2D eigenvalue weighted by molar-refractivity contribution is 7.89. The van der Waals surface area contributed by atoms with Crippen molar-refractivity contribution in [3.63, 3.8) is 0 Å². The van der Waals surface area contributed by atoms with E-state index in [0.717, 1.165) is 20.8 Å². The molecule has 8 nitrogen and oxygen atoms in total. The molecule has 2 aromatic carbocycles. The van der Waals surface area contributed by atoms with Crippen molar-refractivity contribution >= 4 is 32.8 Å². The summed E-state index contributed by atoms with van der Waals surface area (Å²) in [6.45, 7) is 1.47. The van der Waals surface area contributed by atoms with Crippen LogP contribution in [0.25, 0.3) is 10.9 Å². The number of aryl methyl sites for hydroxylation is 1. The Hall–Kier alpha value is -3.17. The second-order valence-electron chi connectivity index (χ2n) is 7.02. The molecular formula is C21H23N3O5S. The Labute approximate surface area is 174 Å². The van der Waals surface area contributed by atoms with Crippen LogP contribution in [0.2, 0.25) is 0 Å². The molecule has 1 amide bonds. The molecule has 0 atom stereocenters. The molecule has 9 heteroatoms. The van der Waals surface area contributed by atoms with Crippen molar-refractivity contribution in [3.8, 4) is 0 Å². The van der Waals surface area contributed by atoms with Gasteiger partial charge in [0.05, 0.1) is 4.90 Å². The van der Waals surface area contributed by atoms with E-state index < -0.39 is 28.5 Å². The molecule has 0 unspecified atom stereocenters. The predicted molar refractivity (Wildman–Crippen MR) is 112 cm³/mol. The lowest BCUT2D eigenvalue weighted by atomic mass is 10.2. The van der Waals surface area contributed by atoms with Gasteiger partial charge < -0.3 is 15.0 Å². The first kappa shape index (κ1) is 21.5. The zero-order chi connectivity index (χ0) is 21.9. The van der Waals surface area contributed by atoms with Gasteiger partial charge in [0.1, 0.15) is 5.69 Å². The van der Waals surface area contributed by atoms with Crippen LogP contribution in [0.5, 0.6) is 0 Å². The Bertz CT molecular complexity index is 1200. The Morgan fingerprint density at radius 1 is 1.10 bits per heavy atom. The maximum absolute atomic E-state index is 12.4. The first-order valence-corrected chi connectivity index (χ1v) is 10.7. The minimum atomic E-state index is -3.64. The monoisotopic (exact) mass is 429 g/mol. The van der Waals surface area contributed by atoms with Gasteiger partial charge in [-0.15, -0.1) is 0 Å². The van der Waals surface area contributed by atoms with Gasteiger partial charge in [-0.2, -0.15) is 0 Å².